The van der Waals surface area contributed by atoms with Gasteiger partial charge in [-0.2, -0.15) is 0 Å². The zero-order valence-corrected chi connectivity index (χ0v) is 53.8. The molecule has 0 bridgehead atoms. The smallest absolute Gasteiger partial charge is 0.410 e. The highest BCUT2D eigenvalue weighted by atomic mass is 79.9. The van der Waals surface area contributed by atoms with Crippen molar-refractivity contribution >= 4 is 84.5 Å². The summed E-state index contributed by atoms with van der Waals surface area (Å²) in [5, 5.41) is 12.6. The minimum atomic E-state index is -0.886. The van der Waals surface area contributed by atoms with Crippen LogP contribution in [-0.2, 0) is 57.7 Å². The summed E-state index contributed by atoms with van der Waals surface area (Å²) < 4.78 is 31.6. The summed E-state index contributed by atoms with van der Waals surface area (Å²) in [5.41, 5.74) is 9.91. The second-order valence-electron chi connectivity index (χ2n) is 24.7. The fourth-order valence-corrected chi connectivity index (χ4v) is 7.77. The van der Waals surface area contributed by atoms with E-state index in [1.807, 2.05) is 113 Å². The lowest BCUT2D eigenvalue weighted by molar-refractivity contribution is -0.156. The molecule has 2 amide bonds. The van der Waals surface area contributed by atoms with Crippen LogP contribution in [0.1, 0.15) is 172 Å². The van der Waals surface area contributed by atoms with Crippen molar-refractivity contribution in [3.63, 3.8) is 0 Å². The van der Waals surface area contributed by atoms with Crippen LogP contribution in [0.5, 0.6) is 0 Å². The zero-order valence-electron chi connectivity index (χ0n) is 52.2. The summed E-state index contributed by atoms with van der Waals surface area (Å²) in [4.78, 5) is 73.9. The van der Waals surface area contributed by atoms with Gasteiger partial charge < -0.3 is 48.1 Å². The molecule has 460 valence electrons. The van der Waals surface area contributed by atoms with E-state index >= 15 is 0 Å². The van der Waals surface area contributed by atoms with E-state index in [0.29, 0.717) is 77.2 Å². The van der Waals surface area contributed by atoms with Crippen LogP contribution < -0.4 is 5.73 Å². The molecule has 3 aromatic carbocycles. The molecule has 17 heteroatoms. The lowest BCUT2D eigenvalue weighted by atomic mass is 10.0. The Morgan fingerprint density at radius 2 is 0.940 bits per heavy atom. The molecule has 3 N–H and O–H groups in total. The summed E-state index contributed by atoms with van der Waals surface area (Å²) in [5.74, 6) is 0.192. The van der Waals surface area contributed by atoms with E-state index in [1.165, 1.54) is 0 Å². The minimum absolute atomic E-state index is 0.0131. The predicted octanol–water partition coefficient (Wildman–Crippen LogP) is 15.7. The number of carbonyl (C=O) groups excluding carboxylic acids is 5. The molecule has 0 saturated heterocycles. The normalized spacial score (nSPS) is 11.4. The van der Waals surface area contributed by atoms with Crippen LogP contribution >= 0.6 is 15.9 Å². The number of carbonyl (C=O) groups is 6. The van der Waals surface area contributed by atoms with Crippen LogP contribution in [0.3, 0.4) is 0 Å². The number of hydrogen-bond donors (Lipinski definition) is 2. The van der Waals surface area contributed by atoms with Gasteiger partial charge >= 0.3 is 24.0 Å². The molecule has 16 nitrogen and oxygen atoms in total. The van der Waals surface area contributed by atoms with Crippen molar-refractivity contribution in [1.29, 1.82) is 0 Å². The highest BCUT2D eigenvalue weighted by molar-refractivity contribution is 9.09. The lowest BCUT2D eigenvalue weighted by Crippen LogP contribution is -2.42. The molecule has 0 aliphatic carbocycles. The maximum Gasteiger partial charge on any atom is 0.410 e. The summed E-state index contributed by atoms with van der Waals surface area (Å²) in [6, 6.07) is 23.7. The van der Waals surface area contributed by atoms with Crippen LogP contribution in [0.4, 0.5) is 4.79 Å². The number of halogens is 1. The zero-order chi connectivity index (χ0) is 62.5. The number of carboxylic acid groups (broad SMARTS) is 1. The van der Waals surface area contributed by atoms with Crippen molar-refractivity contribution in [2.75, 3.05) is 25.0 Å². The number of aryl methyl sites for hydroxylation is 1. The Labute approximate surface area is 501 Å². The lowest BCUT2D eigenvalue weighted by Gasteiger charge is -2.30. The van der Waals surface area contributed by atoms with Gasteiger partial charge in [-0.25, -0.2) is 4.79 Å². The number of amides is 2. The summed E-state index contributed by atoms with van der Waals surface area (Å²) in [7, 11) is 0. The quantitative estimate of drug-likeness (QED) is 0.0367. The van der Waals surface area contributed by atoms with Crippen LogP contribution in [0.25, 0.3) is 32.9 Å². The number of ketones is 1. The van der Waals surface area contributed by atoms with Gasteiger partial charge in [-0.15, -0.1) is 0 Å². The Hall–Kier alpha value is -6.46. The SMILES string of the molecule is CC(C)(C)OC(=O)CCCC(=O)CCc1ccc2occc2c1.CC(C)(C)OC(=O)CCCC(=O)O.CC(C)CBr.CC(C)CN(Cc1ccc2occc2c1)C(=O)CCN(CC(C)C)C(=O)OC(C)(C)C.NCc1ccc2occc2c1. The van der Waals surface area contributed by atoms with Crippen molar-refractivity contribution in [2.45, 2.75) is 192 Å². The van der Waals surface area contributed by atoms with Crippen molar-refractivity contribution in [2.24, 2.45) is 23.5 Å². The van der Waals surface area contributed by atoms with Gasteiger partial charge in [-0.3, -0.25) is 24.0 Å². The van der Waals surface area contributed by atoms with Gasteiger partial charge in [0.05, 0.1) is 18.8 Å². The molecular formula is C66H96BrN3O13. The standard InChI is InChI=1S/C25H38N2O4.C19H24O4.C9H9NO.C9H16O4.C4H9Br/c1-18(2)15-26(24(29)31-25(5,6)7)12-10-23(28)27(16-19(3)4)17-20-8-9-22-21(14-20)11-13-30-22;1-19(2,3)23-18(21)6-4-5-16(20)9-7-14-8-10-17-15(13-14)11-12-22-17;10-6-7-1-2-9-8(5-7)3-4-11-9;1-9(2,3)13-8(12)6-4-5-7(10)11;1-4(2)3-5/h8-9,11,13-14,18-19H,10,12,15-17H2,1-7H3;8,10-13H,4-7,9H2,1-3H3;1-5H,6,10H2;4-6H2,1-3H3,(H,10,11);4H,3H2,1-2H3. The number of nitrogens with zero attached hydrogens (tertiary/aromatic N) is 2. The average molecular weight is 1220 g/mol. The first kappa shape index (κ1) is 72.6. The molecule has 3 aromatic heterocycles. The maximum atomic E-state index is 13.1. The van der Waals surface area contributed by atoms with Gasteiger partial charge in [-0.1, -0.05) is 75.7 Å². The van der Waals surface area contributed by atoms with Crippen molar-refractivity contribution in [3.8, 4) is 0 Å². The number of alkyl halides is 1. The van der Waals surface area contributed by atoms with E-state index in [9.17, 15) is 28.8 Å². The van der Waals surface area contributed by atoms with Crippen LogP contribution in [0.2, 0.25) is 0 Å². The Bertz CT molecular complexity index is 2890. The monoisotopic (exact) mass is 1220 g/mol. The number of ether oxygens (including phenoxy) is 3. The largest absolute Gasteiger partial charge is 0.481 e. The number of aliphatic carboxylic acids is 1. The second-order valence-corrected chi connectivity index (χ2v) is 25.3. The van der Waals surface area contributed by atoms with E-state index < -0.39 is 22.8 Å². The van der Waals surface area contributed by atoms with Crippen LogP contribution in [0.15, 0.2) is 105 Å². The van der Waals surface area contributed by atoms with Gasteiger partial charge in [-0.05, 0) is 171 Å². The van der Waals surface area contributed by atoms with Gasteiger partial charge in [0.15, 0.2) is 0 Å². The molecule has 0 aliphatic heterocycles. The number of Topliss-reactive ketones (excluding diaryl/α,β-unsaturated/α-hetero) is 1. The Balaban J connectivity index is 0.000000393. The number of nitrogens with two attached hydrogens (primary N) is 1. The van der Waals surface area contributed by atoms with Crippen molar-refractivity contribution in [1.82, 2.24) is 9.80 Å². The van der Waals surface area contributed by atoms with Gasteiger partial charge in [0.2, 0.25) is 5.91 Å². The number of benzene rings is 3. The maximum absolute atomic E-state index is 13.1. The van der Waals surface area contributed by atoms with Gasteiger partial charge in [0.25, 0.3) is 0 Å². The molecule has 0 saturated carbocycles. The Kier molecular flexibility index (Phi) is 31.8. The molecule has 0 fully saturated rings. The summed E-state index contributed by atoms with van der Waals surface area (Å²) in [6.45, 7) is 31.8. The first-order chi connectivity index (χ1) is 38.8. The Morgan fingerprint density at radius 3 is 1.36 bits per heavy atom. The van der Waals surface area contributed by atoms with E-state index in [0.717, 1.165) is 60.8 Å². The van der Waals surface area contributed by atoms with Crippen molar-refractivity contribution < 1.29 is 61.3 Å². The molecule has 6 aromatic rings. The second kappa shape index (κ2) is 36.3. The molecule has 0 aliphatic rings. The van der Waals surface area contributed by atoms with Gasteiger partial charge in [0.1, 0.15) is 39.3 Å². The number of rotatable bonds is 22. The fourth-order valence-electron chi connectivity index (χ4n) is 7.77. The minimum Gasteiger partial charge on any atom is -0.481 e. The van der Waals surface area contributed by atoms with E-state index in [4.69, 9.17) is 38.3 Å². The van der Waals surface area contributed by atoms with Crippen LogP contribution in [-0.4, -0.2) is 92.4 Å². The molecule has 0 radical (unpaired) electrons. The third-order valence-corrected chi connectivity index (χ3v) is 12.7. The number of furan rings is 3. The molecule has 3 heterocycles. The van der Waals surface area contributed by atoms with Crippen LogP contribution in [0, 0.1) is 17.8 Å². The predicted molar refractivity (Wildman–Crippen MR) is 333 cm³/mol. The topological polar surface area (TPSA) is 222 Å². The molecule has 83 heavy (non-hydrogen) atoms. The third-order valence-electron chi connectivity index (χ3n) is 11.4. The molecule has 0 unspecified atom stereocenters. The number of fused-ring (bicyclic) bond motifs is 3. The Morgan fingerprint density at radius 1 is 0.530 bits per heavy atom. The molecular weight excluding hydrogens is 1120 g/mol. The highest BCUT2D eigenvalue weighted by Gasteiger charge is 2.25. The summed E-state index contributed by atoms with van der Waals surface area (Å²) in [6.07, 6.45) is 7.93. The average Bonchev–Trinajstić information content (AvgIpc) is 4.33. The number of esters is 2. The highest BCUT2D eigenvalue weighted by Crippen LogP contribution is 2.22. The fraction of sp³-hybridized carbons (Fsp3) is 0.545. The molecule has 6 rings (SSSR count). The number of carboxylic acids is 1. The first-order valence-corrected chi connectivity index (χ1v) is 30.0. The summed E-state index contributed by atoms with van der Waals surface area (Å²) >= 11 is 3.31. The number of hydrogen-bond acceptors (Lipinski definition) is 13. The molecule has 0 atom stereocenters. The third kappa shape index (κ3) is 32.8. The van der Waals surface area contributed by atoms with E-state index in [-0.39, 0.29) is 54.9 Å². The molecule has 0 spiro atoms. The van der Waals surface area contributed by atoms with Crippen molar-refractivity contribution in [3.05, 3.63) is 108 Å². The van der Waals surface area contributed by atoms with Gasteiger partial charge in [0, 0.05) is 92.7 Å². The van der Waals surface area contributed by atoms with E-state index in [1.54, 1.807) is 44.5 Å². The van der Waals surface area contributed by atoms with E-state index in [2.05, 4.69) is 63.5 Å². The first-order valence-electron chi connectivity index (χ1n) is 28.8.